The van der Waals surface area contributed by atoms with Crippen LogP contribution in [0.1, 0.15) is 19.5 Å². The Morgan fingerprint density at radius 2 is 2.00 bits per heavy atom. The van der Waals surface area contributed by atoms with Crippen molar-refractivity contribution < 1.29 is 13.5 Å². The van der Waals surface area contributed by atoms with Gasteiger partial charge in [0.25, 0.3) is 0 Å². The summed E-state index contributed by atoms with van der Waals surface area (Å²) >= 11 is 0. The fraction of sp³-hybridized carbons (Fsp3) is 0.357. The highest BCUT2D eigenvalue weighted by molar-refractivity contribution is 5.91. The summed E-state index contributed by atoms with van der Waals surface area (Å²) in [6.07, 6.45) is 0.829. The van der Waals surface area contributed by atoms with Gasteiger partial charge in [-0.2, -0.15) is 8.78 Å². The number of fused-ring (bicyclic) bond motifs is 1. The Hall–Kier alpha value is -1.91. The maximum atomic E-state index is 12.2. The first-order chi connectivity index (χ1) is 8.95. The molecule has 0 bridgehead atoms. The van der Waals surface area contributed by atoms with Gasteiger partial charge < -0.3 is 10.5 Å². The van der Waals surface area contributed by atoms with Crippen molar-refractivity contribution in [3.05, 3.63) is 30.0 Å². The first kappa shape index (κ1) is 13.5. The number of nitrogen functional groups attached to an aromatic ring is 1. The summed E-state index contributed by atoms with van der Waals surface area (Å²) in [5.74, 6) is 0.568. The monoisotopic (exact) mass is 266 g/mol. The molecule has 5 heteroatoms. The molecule has 0 aliphatic rings. The number of nitrogens with zero attached hydrogens (tertiary/aromatic N) is 1. The Bertz CT molecular complexity index is 585. The van der Waals surface area contributed by atoms with Gasteiger partial charge >= 0.3 is 6.61 Å². The van der Waals surface area contributed by atoms with Crippen molar-refractivity contribution in [3.63, 3.8) is 0 Å². The molecule has 0 spiro atoms. The zero-order chi connectivity index (χ0) is 14.0. The normalized spacial score (nSPS) is 11.5. The van der Waals surface area contributed by atoms with Crippen LogP contribution in [0.15, 0.2) is 24.3 Å². The number of hydrogen-bond acceptors (Lipinski definition) is 3. The molecule has 3 nitrogen and oxygen atoms in total. The quantitative estimate of drug-likeness (QED) is 0.919. The number of rotatable bonds is 4. The van der Waals surface area contributed by atoms with Gasteiger partial charge in [0.1, 0.15) is 5.75 Å². The third kappa shape index (κ3) is 3.30. The highest BCUT2D eigenvalue weighted by atomic mass is 19.3. The Morgan fingerprint density at radius 3 is 2.63 bits per heavy atom. The summed E-state index contributed by atoms with van der Waals surface area (Å²) in [5, 5.41) is 0.630. The lowest BCUT2D eigenvalue weighted by molar-refractivity contribution is -0.0497. The number of aromatic nitrogens is 1. The number of nitrogens with two attached hydrogens (primary N) is 1. The lowest BCUT2D eigenvalue weighted by Crippen LogP contribution is -2.03. The van der Waals surface area contributed by atoms with Crippen LogP contribution in [0, 0.1) is 5.92 Å². The molecule has 0 amide bonds. The summed E-state index contributed by atoms with van der Waals surface area (Å²) in [5.41, 5.74) is 8.07. The lowest BCUT2D eigenvalue weighted by atomic mass is 10.1. The maximum Gasteiger partial charge on any atom is 0.387 e. The number of alkyl halides is 2. The predicted molar refractivity (Wildman–Crippen MR) is 71.3 cm³/mol. The Labute approximate surface area is 110 Å². The molecule has 1 heterocycles. The van der Waals surface area contributed by atoms with E-state index in [2.05, 4.69) is 23.6 Å². The van der Waals surface area contributed by atoms with Crippen LogP contribution in [0.4, 0.5) is 14.5 Å². The third-order valence-corrected chi connectivity index (χ3v) is 2.71. The number of hydrogen-bond donors (Lipinski definition) is 1. The van der Waals surface area contributed by atoms with Crippen molar-refractivity contribution in [2.24, 2.45) is 5.92 Å². The summed E-state index contributed by atoms with van der Waals surface area (Å²) in [4.78, 5) is 4.47. The largest absolute Gasteiger partial charge is 0.435 e. The van der Waals surface area contributed by atoms with Gasteiger partial charge in [0.05, 0.1) is 5.52 Å². The zero-order valence-corrected chi connectivity index (χ0v) is 10.9. The molecule has 2 rings (SSSR count). The van der Waals surface area contributed by atoms with E-state index in [1.165, 1.54) is 12.1 Å². The summed E-state index contributed by atoms with van der Waals surface area (Å²) in [6.45, 7) is 1.36. The van der Waals surface area contributed by atoms with Gasteiger partial charge in [-0.15, -0.1) is 0 Å². The third-order valence-electron chi connectivity index (χ3n) is 2.71. The van der Waals surface area contributed by atoms with Gasteiger partial charge in [0.15, 0.2) is 0 Å². The van der Waals surface area contributed by atoms with Crippen molar-refractivity contribution in [2.75, 3.05) is 5.73 Å². The van der Waals surface area contributed by atoms with Gasteiger partial charge in [-0.3, -0.25) is 4.98 Å². The highest BCUT2D eigenvalue weighted by Gasteiger charge is 2.09. The molecule has 0 radical (unpaired) electrons. The van der Waals surface area contributed by atoms with Crippen LogP contribution in [0.2, 0.25) is 0 Å². The topological polar surface area (TPSA) is 48.1 Å². The molecule has 0 saturated carbocycles. The van der Waals surface area contributed by atoms with E-state index in [1.807, 2.05) is 0 Å². The van der Waals surface area contributed by atoms with Crippen LogP contribution >= 0.6 is 0 Å². The van der Waals surface area contributed by atoms with Crippen molar-refractivity contribution in [2.45, 2.75) is 26.9 Å². The van der Waals surface area contributed by atoms with E-state index < -0.39 is 6.61 Å². The molecule has 0 saturated heterocycles. The number of ether oxygens (including phenoxy) is 1. The summed E-state index contributed by atoms with van der Waals surface area (Å²) in [7, 11) is 0. The zero-order valence-electron chi connectivity index (χ0n) is 10.9. The molecule has 0 atom stereocenters. The van der Waals surface area contributed by atoms with Crippen LogP contribution < -0.4 is 10.5 Å². The lowest BCUT2D eigenvalue weighted by Gasteiger charge is -2.10. The second-order valence-electron chi connectivity index (χ2n) is 4.86. The first-order valence-corrected chi connectivity index (χ1v) is 6.09. The van der Waals surface area contributed by atoms with E-state index in [9.17, 15) is 8.78 Å². The fourth-order valence-electron chi connectivity index (χ4n) is 1.99. The van der Waals surface area contributed by atoms with Crippen LogP contribution in [0.3, 0.4) is 0 Å². The van der Waals surface area contributed by atoms with Crippen molar-refractivity contribution in [1.29, 1.82) is 0 Å². The molecule has 1 aromatic heterocycles. The average Bonchev–Trinajstić information content (AvgIpc) is 2.28. The Balaban J connectivity index is 2.41. The van der Waals surface area contributed by atoms with E-state index in [-0.39, 0.29) is 5.75 Å². The number of anilines is 1. The minimum Gasteiger partial charge on any atom is -0.435 e. The van der Waals surface area contributed by atoms with E-state index in [0.29, 0.717) is 22.5 Å². The van der Waals surface area contributed by atoms with E-state index in [0.717, 1.165) is 12.1 Å². The standard InChI is InChI=1S/C14H16F2N2O/c1-8(2)5-9-6-12(17)11-7-10(19-14(15)16)3-4-13(11)18-9/h3-4,6-8,14H,5H2,1-2H3,(H2,17,18). The smallest absolute Gasteiger partial charge is 0.387 e. The second-order valence-corrected chi connectivity index (χ2v) is 4.86. The molecule has 19 heavy (non-hydrogen) atoms. The van der Waals surface area contributed by atoms with Crippen LogP contribution in [-0.2, 0) is 6.42 Å². The molecular formula is C14H16F2N2O. The van der Waals surface area contributed by atoms with E-state index >= 15 is 0 Å². The molecule has 0 aliphatic carbocycles. The number of benzene rings is 1. The molecule has 2 aromatic rings. The predicted octanol–water partition coefficient (Wildman–Crippen LogP) is 3.62. The van der Waals surface area contributed by atoms with Gasteiger partial charge in [-0.25, -0.2) is 0 Å². The maximum absolute atomic E-state index is 12.2. The molecule has 0 unspecified atom stereocenters. The minimum absolute atomic E-state index is 0.0904. The SMILES string of the molecule is CC(C)Cc1cc(N)c2cc(OC(F)F)ccc2n1. The van der Waals surface area contributed by atoms with Gasteiger partial charge in [-0.05, 0) is 36.6 Å². The van der Waals surface area contributed by atoms with E-state index in [1.54, 1.807) is 12.1 Å². The highest BCUT2D eigenvalue weighted by Crippen LogP contribution is 2.26. The number of halogens is 2. The van der Waals surface area contributed by atoms with Crippen molar-refractivity contribution >= 4 is 16.6 Å². The second kappa shape index (κ2) is 5.38. The molecule has 0 aliphatic heterocycles. The first-order valence-electron chi connectivity index (χ1n) is 6.09. The minimum atomic E-state index is -2.84. The van der Waals surface area contributed by atoms with Crippen molar-refractivity contribution in [1.82, 2.24) is 4.98 Å². The van der Waals surface area contributed by atoms with E-state index in [4.69, 9.17) is 5.73 Å². The molecule has 1 aromatic carbocycles. The van der Waals surface area contributed by atoms with Gasteiger partial charge in [0, 0.05) is 16.8 Å². The van der Waals surface area contributed by atoms with Crippen LogP contribution in [-0.4, -0.2) is 11.6 Å². The van der Waals surface area contributed by atoms with Gasteiger partial charge in [-0.1, -0.05) is 13.8 Å². The molecule has 102 valence electrons. The van der Waals surface area contributed by atoms with Crippen LogP contribution in [0.25, 0.3) is 10.9 Å². The van der Waals surface area contributed by atoms with Gasteiger partial charge in [0.2, 0.25) is 0 Å². The Morgan fingerprint density at radius 1 is 1.26 bits per heavy atom. The Kier molecular flexibility index (Phi) is 3.83. The number of pyridine rings is 1. The summed E-state index contributed by atoms with van der Waals surface area (Å²) < 4.78 is 28.7. The molecule has 2 N–H and O–H groups in total. The molecular weight excluding hydrogens is 250 g/mol. The fourth-order valence-corrected chi connectivity index (χ4v) is 1.99. The molecule has 0 fully saturated rings. The van der Waals surface area contributed by atoms with Crippen molar-refractivity contribution in [3.8, 4) is 5.75 Å². The van der Waals surface area contributed by atoms with Crippen LogP contribution in [0.5, 0.6) is 5.75 Å². The summed E-state index contributed by atoms with van der Waals surface area (Å²) in [6, 6.07) is 6.39. The average molecular weight is 266 g/mol.